The van der Waals surface area contributed by atoms with Crippen molar-refractivity contribution in [2.24, 2.45) is 0 Å². The summed E-state index contributed by atoms with van der Waals surface area (Å²) in [6.07, 6.45) is 0. The predicted molar refractivity (Wildman–Crippen MR) is 109 cm³/mol. The molecule has 0 N–H and O–H groups in total. The van der Waals surface area contributed by atoms with E-state index in [1.54, 1.807) is 24.3 Å². The minimum Gasteiger partial charge on any atom is -0.268 e. The first kappa shape index (κ1) is 18.9. The Morgan fingerprint density at radius 2 is 1.67 bits per heavy atom. The van der Waals surface area contributed by atoms with Gasteiger partial charge in [-0.3, -0.25) is 9.59 Å². The van der Waals surface area contributed by atoms with Crippen LogP contribution in [-0.4, -0.2) is 17.1 Å². The number of amides is 2. The van der Waals surface area contributed by atoms with Crippen molar-refractivity contribution >= 4 is 34.8 Å². The van der Waals surface area contributed by atoms with Crippen LogP contribution in [-0.2, 0) is 9.59 Å². The van der Waals surface area contributed by atoms with E-state index in [1.165, 1.54) is 16.7 Å². The standard InChI is InChI=1S/C22H20N2O2S/c1-13(2)27-20-19(18-10-5-14(3)11-15(18)4)21(25)24(22(20)26)17-8-6-16(12-23)7-9-17/h5-11,13H,1-4H3. The molecule has 2 amide bonds. The molecule has 1 aliphatic rings. The van der Waals surface area contributed by atoms with Crippen LogP contribution in [0, 0.1) is 25.2 Å². The molecule has 0 fully saturated rings. The van der Waals surface area contributed by atoms with Crippen molar-refractivity contribution in [3.05, 3.63) is 69.6 Å². The van der Waals surface area contributed by atoms with E-state index >= 15 is 0 Å². The van der Waals surface area contributed by atoms with E-state index in [4.69, 9.17) is 5.26 Å². The molecule has 4 nitrogen and oxygen atoms in total. The summed E-state index contributed by atoms with van der Waals surface area (Å²) < 4.78 is 0. The van der Waals surface area contributed by atoms with E-state index in [2.05, 4.69) is 0 Å². The van der Waals surface area contributed by atoms with Crippen LogP contribution < -0.4 is 4.90 Å². The SMILES string of the molecule is Cc1ccc(C2=C(SC(C)C)C(=O)N(c3ccc(C#N)cc3)C2=O)c(C)c1. The van der Waals surface area contributed by atoms with Crippen LogP contribution in [0.4, 0.5) is 5.69 Å². The molecule has 27 heavy (non-hydrogen) atoms. The maximum atomic E-state index is 13.3. The van der Waals surface area contributed by atoms with Crippen molar-refractivity contribution < 1.29 is 9.59 Å². The fourth-order valence-corrected chi connectivity index (χ4v) is 4.08. The second-order valence-corrected chi connectivity index (χ2v) is 8.38. The molecular formula is C22H20N2O2S. The van der Waals surface area contributed by atoms with Crippen LogP contribution in [0.25, 0.3) is 5.57 Å². The topological polar surface area (TPSA) is 61.2 Å². The highest BCUT2D eigenvalue weighted by Crippen LogP contribution is 2.40. The molecule has 0 atom stereocenters. The molecule has 0 saturated heterocycles. The highest BCUT2D eigenvalue weighted by atomic mass is 32.2. The van der Waals surface area contributed by atoms with Crippen molar-refractivity contribution in [2.75, 3.05) is 4.90 Å². The lowest BCUT2D eigenvalue weighted by Crippen LogP contribution is -2.31. The number of hydrogen-bond acceptors (Lipinski definition) is 4. The van der Waals surface area contributed by atoms with E-state index in [0.29, 0.717) is 21.7 Å². The van der Waals surface area contributed by atoms with Crippen LogP contribution in [0.3, 0.4) is 0 Å². The smallest absolute Gasteiger partial charge is 0.268 e. The van der Waals surface area contributed by atoms with Gasteiger partial charge in [0, 0.05) is 5.25 Å². The Labute approximate surface area is 163 Å². The largest absolute Gasteiger partial charge is 0.272 e. The molecule has 1 heterocycles. The summed E-state index contributed by atoms with van der Waals surface area (Å²) in [5.74, 6) is -0.627. The van der Waals surface area contributed by atoms with Gasteiger partial charge in [-0.2, -0.15) is 5.26 Å². The number of carbonyl (C=O) groups is 2. The van der Waals surface area contributed by atoms with E-state index < -0.39 is 0 Å². The second kappa shape index (κ2) is 7.42. The molecule has 0 bridgehead atoms. The fraction of sp³-hybridized carbons (Fsp3) is 0.227. The van der Waals surface area contributed by atoms with Gasteiger partial charge in [-0.1, -0.05) is 37.6 Å². The van der Waals surface area contributed by atoms with Gasteiger partial charge in [0.05, 0.1) is 27.8 Å². The summed E-state index contributed by atoms with van der Waals surface area (Å²) in [5, 5.41) is 9.14. The number of hydrogen-bond donors (Lipinski definition) is 0. The first-order chi connectivity index (χ1) is 12.8. The molecule has 3 rings (SSSR count). The molecule has 0 aliphatic carbocycles. The number of nitriles is 1. The van der Waals surface area contributed by atoms with E-state index in [-0.39, 0.29) is 17.1 Å². The van der Waals surface area contributed by atoms with Gasteiger partial charge in [0.1, 0.15) is 0 Å². The minimum absolute atomic E-state index is 0.165. The summed E-state index contributed by atoms with van der Waals surface area (Å²) in [6, 6.07) is 14.4. The number of anilines is 1. The monoisotopic (exact) mass is 376 g/mol. The van der Waals surface area contributed by atoms with Crippen LogP contribution in [0.1, 0.15) is 36.1 Å². The van der Waals surface area contributed by atoms with Gasteiger partial charge < -0.3 is 0 Å². The second-order valence-electron chi connectivity index (χ2n) is 6.79. The minimum atomic E-state index is -0.320. The Hall–Kier alpha value is -2.84. The van der Waals surface area contributed by atoms with Crippen molar-refractivity contribution in [3.63, 3.8) is 0 Å². The summed E-state index contributed by atoms with van der Waals surface area (Å²) in [7, 11) is 0. The van der Waals surface area contributed by atoms with E-state index in [1.807, 2.05) is 52.0 Å². The van der Waals surface area contributed by atoms with Crippen LogP contribution in [0.2, 0.25) is 0 Å². The first-order valence-electron chi connectivity index (χ1n) is 8.71. The number of rotatable bonds is 4. The Bertz CT molecular complexity index is 998. The molecule has 1 aliphatic heterocycles. The molecule has 2 aromatic carbocycles. The first-order valence-corrected chi connectivity index (χ1v) is 9.59. The third-order valence-electron chi connectivity index (χ3n) is 4.30. The van der Waals surface area contributed by atoms with Gasteiger partial charge in [0.15, 0.2) is 0 Å². The molecular weight excluding hydrogens is 356 g/mol. The zero-order valence-electron chi connectivity index (χ0n) is 15.7. The lowest BCUT2D eigenvalue weighted by atomic mass is 9.98. The van der Waals surface area contributed by atoms with Gasteiger partial charge in [-0.05, 0) is 49.2 Å². The third-order valence-corrected chi connectivity index (χ3v) is 5.39. The summed E-state index contributed by atoms with van der Waals surface area (Å²) in [4.78, 5) is 28.1. The Morgan fingerprint density at radius 3 is 2.22 bits per heavy atom. The molecule has 5 heteroatoms. The maximum Gasteiger partial charge on any atom is 0.272 e. The number of imide groups is 1. The van der Waals surface area contributed by atoms with Crippen molar-refractivity contribution in [2.45, 2.75) is 32.9 Å². The van der Waals surface area contributed by atoms with Gasteiger partial charge in [0.2, 0.25) is 0 Å². The molecule has 0 radical (unpaired) electrons. The molecule has 0 unspecified atom stereocenters. The summed E-state index contributed by atoms with van der Waals surface area (Å²) in [5.41, 5.74) is 4.28. The van der Waals surface area contributed by atoms with Crippen LogP contribution in [0.15, 0.2) is 47.4 Å². The molecule has 0 saturated carbocycles. The maximum absolute atomic E-state index is 13.3. The number of nitrogens with zero attached hydrogens (tertiary/aromatic N) is 2. The Morgan fingerprint density at radius 1 is 1.00 bits per heavy atom. The Kier molecular flexibility index (Phi) is 5.20. The van der Waals surface area contributed by atoms with Gasteiger partial charge in [0.25, 0.3) is 11.8 Å². The predicted octanol–water partition coefficient (Wildman–Crippen LogP) is 4.60. The summed E-state index contributed by atoms with van der Waals surface area (Å²) in [6.45, 7) is 7.95. The van der Waals surface area contributed by atoms with Crippen LogP contribution >= 0.6 is 11.8 Å². The number of carbonyl (C=O) groups excluding carboxylic acids is 2. The van der Waals surface area contributed by atoms with Gasteiger partial charge in [-0.25, -0.2) is 4.90 Å². The zero-order chi connectivity index (χ0) is 19.7. The zero-order valence-corrected chi connectivity index (χ0v) is 16.6. The van der Waals surface area contributed by atoms with Gasteiger partial charge >= 0.3 is 0 Å². The average Bonchev–Trinajstić information content (AvgIpc) is 2.85. The molecule has 2 aromatic rings. The highest BCUT2D eigenvalue weighted by molar-refractivity contribution is 8.04. The van der Waals surface area contributed by atoms with Gasteiger partial charge in [-0.15, -0.1) is 11.8 Å². The number of benzene rings is 2. The van der Waals surface area contributed by atoms with Crippen molar-refractivity contribution in [1.82, 2.24) is 0 Å². The molecule has 0 spiro atoms. The average molecular weight is 376 g/mol. The van der Waals surface area contributed by atoms with Crippen LogP contribution in [0.5, 0.6) is 0 Å². The normalized spacial score (nSPS) is 14.3. The fourth-order valence-electron chi connectivity index (χ4n) is 3.11. The van der Waals surface area contributed by atoms with E-state index in [0.717, 1.165) is 16.7 Å². The number of aryl methyl sites for hydroxylation is 2. The Balaban J connectivity index is 2.12. The lowest BCUT2D eigenvalue weighted by molar-refractivity contribution is -0.119. The van der Waals surface area contributed by atoms with Crippen molar-refractivity contribution in [3.8, 4) is 6.07 Å². The number of thioether (sulfide) groups is 1. The highest BCUT2D eigenvalue weighted by Gasteiger charge is 2.40. The van der Waals surface area contributed by atoms with Crippen molar-refractivity contribution in [1.29, 1.82) is 5.26 Å². The molecule has 0 aromatic heterocycles. The lowest BCUT2D eigenvalue weighted by Gasteiger charge is -2.15. The summed E-state index contributed by atoms with van der Waals surface area (Å²) >= 11 is 1.41. The third kappa shape index (κ3) is 3.54. The quantitative estimate of drug-likeness (QED) is 0.732. The molecule has 136 valence electrons. The van der Waals surface area contributed by atoms with E-state index in [9.17, 15) is 9.59 Å².